The largest absolute Gasteiger partial charge is 0.347 e. The van der Waals surface area contributed by atoms with E-state index < -0.39 is 10.0 Å². The highest BCUT2D eigenvalue weighted by molar-refractivity contribution is 7.88. The van der Waals surface area contributed by atoms with Gasteiger partial charge in [-0.1, -0.05) is 20.8 Å². The van der Waals surface area contributed by atoms with Crippen molar-refractivity contribution in [1.82, 2.24) is 13.7 Å². The Hall–Kier alpha value is -0.730. The molecule has 1 aliphatic rings. The van der Waals surface area contributed by atoms with E-state index in [-0.39, 0.29) is 5.41 Å². The average Bonchev–Trinajstić information content (AvgIpc) is 2.86. The van der Waals surface area contributed by atoms with Crippen molar-refractivity contribution in [2.24, 2.45) is 0 Å². The van der Waals surface area contributed by atoms with Gasteiger partial charge in [0.15, 0.2) is 0 Å². The topological polar surface area (TPSA) is 66.4 Å². The number of rotatable bonds is 3. The highest BCUT2D eigenvalue weighted by Gasteiger charge is 2.29. The highest BCUT2D eigenvalue weighted by atomic mass is 32.2. The summed E-state index contributed by atoms with van der Waals surface area (Å²) in [6.07, 6.45) is 2.93. The molecule has 0 aromatic carbocycles. The summed E-state index contributed by atoms with van der Waals surface area (Å²) in [5.41, 5.74) is -0.0464. The third kappa shape index (κ3) is 3.92. The molecule has 1 fully saturated rings. The van der Waals surface area contributed by atoms with Gasteiger partial charge in [-0.05, 0) is 12.8 Å². The maximum absolute atomic E-state index is 11.5. The summed E-state index contributed by atoms with van der Waals surface area (Å²) < 4.78 is 29.1. The second kappa shape index (κ2) is 5.81. The molecule has 120 valence electrons. The zero-order valence-electron chi connectivity index (χ0n) is 13.3. The van der Waals surface area contributed by atoms with Gasteiger partial charge in [0, 0.05) is 43.1 Å². The SMILES string of the molecule is CN(c1nc(C(C)(C)C)ns1)C1CCN(S(C)(=O)=O)CC1. The first kappa shape index (κ1) is 16.6. The highest BCUT2D eigenvalue weighted by Crippen LogP contribution is 2.28. The molecule has 0 N–H and O–H groups in total. The van der Waals surface area contributed by atoms with Crippen LogP contribution in [-0.4, -0.2) is 54.5 Å². The van der Waals surface area contributed by atoms with Gasteiger partial charge < -0.3 is 4.90 Å². The molecular formula is C13H24N4O2S2. The molecule has 6 nitrogen and oxygen atoms in total. The van der Waals surface area contributed by atoms with Gasteiger partial charge in [0.25, 0.3) is 0 Å². The molecule has 2 rings (SSSR count). The van der Waals surface area contributed by atoms with Crippen LogP contribution >= 0.6 is 11.5 Å². The fraction of sp³-hybridized carbons (Fsp3) is 0.846. The van der Waals surface area contributed by atoms with Crippen molar-refractivity contribution < 1.29 is 8.42 Å². The number of piperidine rings is 1. The lowest BCUT2D eigenvalue weighted by Crippen LogP contribution is -2.45. The van der Waals surface area contributed by atoms with Crippen LogP contribution in [0.4, 0.5) is 5.13 Å². The molecule has 1 aromatic heterocycles. The van der Waals surface area contributed by atoms with E-state index in [4.69, 9.17) is 0 Å². The zero-order valence-corrected chi connectivity index (χ0v) is 15.0. The molecule has 2 heterocycles. The van der Waals surface area contributed by atoms with Crippen LogP contribution in [0.3, 0.4) is 0 Å². The van der Waals surface area contributed by atoms with E-state index in [1.807, 2.05) is 7.05 Å². The predicted octanol–water partition coefficient (Wildman–Crippen LogP) is 1.70. The van der Waals surface area contributed by atoms with Crippen LogP contribution < -0.4 is 4.90 Å². The molecule has 21 heavy (non-hydrogen) atoms. The van der Waals surface area contributed by atoms with Crippen molar-refractivity contribution in [3.8, 4) is 0 Å². The van der Waals surface area contributed by atoms with E-state index in [0.717, 1.165) is 23.8 Å². The number of aromatic nitrogens is 2. The van der Waals surface area contributed by atoms with Gasteiger partial charge in [0.1, 0.15) is 5.82 Å². The molecule has 0 bridgehead atoms. The van der Waals surface area contributed by atoms with E-state index in [2.05, 4.69) is 35.0 Å². The molecule has 1 saturated heterocycles. The van der Waals surface area contributed by atoms with E-state index in [9.17, 15) is 8.42 Å². The Balaban J connectivity index is 2.02. The third-order valence-corrected chi connectivity index (χ3v) is 5.94. The number of sulfonamides is 1. The van der Waals surface area contributed by atoms with Crippen molar-refractivity contribution in [3.05, 3.63) is 5.82 Å². The van der Waals surface area contributed by atoms with Gasteiger partial charge in [-0.2, -0.15) is 4.37 Å². The first-order chi connectivity index (χ1) is 9.59. The summed E-state index contributed by atoms with van der Waals surface area (Å²) in [6.45, 7) is 7.47. The fourth-order valence-electron chi connectivity index (χ4n) is 2.38. The van der Waals surface area contributed by atoms with E-state index in [1.165, 1.54) is 17.8 Å². The first-order valence-corrected chi connectivity index (χ1v) is 9.73. The first-order valence-electron chi connectivity index (χ1n) is 7.11. The molecule has 0 aliphatic carbocycles. The normalized spacial score (nSPS) is 18.9. The quantitative estimate of drug-likeness (QED) is 0.843. The number of anilines is 1. The molecule has 0 unspecified atom stereocenters. The molecule has 0 amide bonds. The summed E-state index contributed by atoms with van der Waals surface area (Å²) in [5.74, 6) is 0.864. The molecule has 8 heteroatoms. The molecule has 0 spiro atoms. The van der Waals surface area contributed by atoms with Crippen LogP contribution in [0, 0.1) is 0 Å². The minimum Gasteiger partial charge on any atom is -0.347 e. The summed E-state index contributed by atoms with van der Waals surface area (Å²) in [7, 11) is -1.04. The van der Waals surface area contributed by atoms with Gasteiger partial charge in [0.2, 0.25) is 15.2 Å². The monoisotopic (exact) mass is 332 g/mol. The molecule has 1 aliphatic heterocycles. The lowest BCUT2D eigenvalue weighted by Gasteiger charge is -2.35. The lowest BCUT2D eigenvalue weighted by molar-refractivity contribution is 0.316. The van der Waals surface area contributed by atoms with Gasteiger partial charge in [-0.25, -0.2) is 17.7 Å². The fourth-order valence-corrected chi connectivity index (χ4v) is 4.14. The summed E-state index contributed by atoms with van der Waals surface area (Å²) in [5, 5.41) is 0.915. The van der Waals surface area contributed by atoms with Gasteiger partial charge >= 0.3 is 0 Å². The van der Waals surface area contributed by atoms with Crippen LogP contribution in [0.25, 0.3) is 0 Å². The molecule has 0 radical (unpaired) electrons. The van der Waals surface area contributed by atoms with Gasteiger partial charge in [-0.3, -0.25) is 0 Å². The number of hydrogen-bond donors (Lipinski definition) is 0. The maximum atomic E-state index is 11.5. The van der Waals surface area contributed by atoms with Crippen LogP contribution in [0.5, 0.6) is 0 Å². The van der Waals surface area contributed by atoms with Crippen LogP contribution in [-0.2, 0) is 15.4 Å². The van der Waals surface area contributed by atoms with Crippen molar-refractivity contribution >= 4 is 26.7 Å². The van der Waals surface area contributed by atoms with E-state index in [0.29, 0.717) is 19.1 Å². The van der Waals surface area contributed by atoms with Gasteiger partial charge in [-0.15, -0.1) is 0 Å². The maximum Gasteiger partial charge on any atom is 0.211 e. The standard InChI is InChI=1S/C13H24N4O2S2/c1-13(2,3)11-14-12(20-15-11)16(4)10-6-8-17(9-7-10)21(5,18)19/h10H,6-9H2,1-5H3. The Morgan fingerprint density at radius 3 is 2.29 bits per heavy atom. The average molecular weight is 332 g/mol. The molecular weight excluding hydrogens is 308 g/mol. The van der Waals surface area contributed by atoms with Crippen molar-refractivity contribution in [2.75, 3.05) is 31.3 Å². The Morgan fingerprint density at radius 2 is 1.86 bits per heavy atom. The zero-order chi connectivity index (χ0) is 15.8. The Bertz CT molecular complexity index is 584. The second-order valence-corrected chi connectivity index (χ2v) is 9.37. The van der Waals surface area contributed by atoms with Gasteiger partial charge in [0.05, 0.1) is 6.26 Å². The van der Waals surface area contributed by atoms with E-state index in [1.54, 1.807) is 4.31 Å². The second-order valence-electron chi connectivity index (χ2n) is 6.65. The number of hydrogen-bond acceptors (Lipinski definition) is 6. The Kier molecular flexibility index (Phi) is 4.60. The van der Waals surface area contributed by atoms with Crippen LogP contribution in [0.2, 0.25) is 0 Å². The third-order valence-electron chi connectivity index (χ3n) is 3.83. The number of nitrogens with zero attached hydrogens (tertiary/aromatic N) is 4. The summed E-state index contributed by atoms with van der Waals surface area (Å²) >= 11 is 1.42. The Labute approximate surface area is 131 Å². The minimum absolute atomic E-state index is 0.0464. The van der Waals surface area contributed by atoms with Crippen molar-refractivity contribution in [1.29, 1.82) is 0 Å². The van der Waals surface area contributed by atoms with Crippen LogP contribution in [0.15, 0.2) is 0 Å². The summed E-state index contributed by atoms with van der Waals surface area (Å²) in [6, 6.07) is 0.323. The minimum atomic E-state index is -3.07. The van der Waals surface area contributed by atoms with Crippen molar-refractivity contribution in [2.45, 2.75) is 45.1 Å². The van der Waals surface area contributed by atoms with Crippen molar-refractivity contribution in [3.63, 3.8) is 0 Å². The molecule has 0 saturated carbocycles. The van der Waals surface area contributed by atoms with E-state index >= 15 is 0 Å². The van der Waals surface area contributed by atoms with Crippen LogP contribution in [0.1, 0.15) is 39.4 Å². The summed E-state index contributed by atoms with van der Waals surface area (Å²) in [4.78, 5) is 6.77. The molecule has 0 atom stereocenters. The smallest absolute Gasteiger partial charge is 0.211 e. The Morgan fingerprint density at radius 1 is 1.29 bits per heavy atom. The predicted molar refractivity (Wildman–Crippen MR) is 86.5 cm³/mol. The lowest BCUT2D eigenvalue weighted by atomic mass is 9.96. The molecule has 1 aromatic rings.